The summed E-state index contributed by atoms with van der Waals surface area (Å²) >= 11 is 0. The van der Waals surface area contributed by atoms with Crippen LogP contribution in [0.15, 0.2) is 78.9 Å². The van der Waals surface area contributed by atoms with E-state index in [4.69, 9.17) is 0 Å². The summed E-state index contributed by atoms with van der Waals surface area (Å²) in [5.41, 5.74) is 3.47. The molecule has 1 atom stereocenters. The van der Waals surface area contributed by atoms with Crippen molar-refractivity contribution in [3.63, 3.8) is 0 Å². The lowest BCUT2D eigenvalue weighted by Gasteiger charge is -2.15. The number of carbonyl (C=O) groups is 3. The van der Waals surface area contributed by atoms with E-state index in [1.54, 1.807) is 48.5 Å². The van der Waals surface area contributed by atoms with Crippen molar-refractivity contribution in [3.05, 3.63) is 90.0 Å². The van der Waals surface area contributed by atoms with Gasteiger partial charge in [0.2, 0.25) is 11.8 Å². The van der Waals surface area contributed by atoms with Crippen LogP contribution in [-0.2, 0) is 9.59 Å². The quantitative estimate of drug-likeness (QED) is 0.369. The molecule has 0 aliphatic carbocycles. The van der Waals surface area contributed by atoms with Gasteiger partial charge in [-0.15, -0.1) is 0 Å². The molecular formula is C27H30N4O3. The van der Waals surface area contributed by atoms with Crippen molar-refractivity contribution in [2.45, 2.75) is 26.8 Å². The molecule has 0 heterocycles. The molecule has 0 aliphatic rings. The molecule has 3 amide bonds. The molecule has 176 valence electrons. The van der Waals surface area contributed by atoms with Gasteiger partial charge in [0.15, 0.2) is 0 Å². The molecule has 7 nitrogen and oxygen atoms in total. The van der Waals surface area contributed by atoms with E-state index in [9.17, 15) is 14.4 Å². The van der Waals surface area contributed by atoms with Gasteiger partial charge in [-0.25, -0.2) is 0 Å². The molecule has 1 unspecified atom stereocenters. The molecular weight excluding hydrogens is 428 g/mol. The van der Waals surface area contributed by atoms with E-state index in [2.05, 4.69) is 21.3 Å². The average Bonchev–Trinajstić information content (AvgIpc) is 2.84. The highest BCUT2D eigenvalue weighted by Gasteiger charge is 2.12. The van der Waals surface area contributed by atoms with Crippen LogP contribution in [0.25, 0.3) is 0 Å². The number of benzene rings is 3. The van der Waals surface area contributed by atoms with Crippen LogP contribution in [0.4, 0.5) is 17.1 Å². The van der Waals surface area contributed by atoms with Gasteiger partial charge in [0.1, 0.15) is 0 Å². The van der Waals surface area contributed by atoms with E-state index in [1.165, 1.54) is 0 Å². The van der Waals surface area contributed by atoms with Gasteiger partial charge in [-0.3, -0.25) is 14.4 Å². The molecule has 3 rings (SSSR count). The zero-order valence-corrected chi connectivity index (χ0v) is 19.6. The molecule has 0 bridgehead atoms. The van der Waals surface area contributed by atoms with Gasteiger partial charge in [-0.05, 0) is 55.0 Å². The summed E-state index contributed by atoms with van der Waals surface area (Å²) in [7, 11) is 0. The van der Waals surface area contributed by atoms with Crippen molar-refractivity contribution in [1.29, 1.82) is 0 Å². The van der Waals surface area contributed by atoms with E-state index >= 15 is 0 Å². The zero-order chi connectivity index (χ0) is 24.5. The smallest absolute Gasteiger partial charge is 0.251 e. The van der Waals surface area contributed by atoms with Gasteiger partial charge in [0, 0.05) is 28.5 Å². The number of rotatable bonds is 9. The minimum atomic E-state index is -0.243. The average molecular weight is 459 g/mol. The maximum Gasteiger partial charge on any atom is 0.251 e. The monoisotopic (exact) mass is 458 g/mol. The molecule has 0 aromatic heterocycles. The molecule has 0 saturated heterocycles. The van der Waals surface area contributed by atoms with Crippen molar-refractivity contribution in [1.82, 2.24) is 5.32 Å². The molecule has 0 spiro atoms. The largest absolute Gasteiger partial charge is 0.376 e. The van der Waals surface area contributed by atoms with Crippen LogP contribution in [0, 0.1) is 5.92 Å². The van der Waals surface area contributed by atoms with Crippen LogP contribution in [0.5, 0.6) is 0 Å². The third-order valence-corrected chi connectivity index (χ3v) is 5.19. The normalized spacial score (nSPS) is 11.4. The zero-order valence-electron chi connectivity index (χ0n) is 19.6. The van der Waals surface area contributed by atoms with E-state index in [0.29, 0.717) is 16.9 Å². The third-order valence-electron chi connectivity index (χ3n) is 5.19. The van der Waals surface area contributed by atoms with E-state index < -0.39 is 0 Å². The van der Waals surface area contributed by atoms with Crippen molar-refractivity contribution < 1.29 is 14.4 Å². The van der Waals surface area contributed by atoms with Gasteiger partial charge in [0.25, 0.3) is 5.91 Å². The van der Waals surface area contributed by atoms with Crippen LogP contribution in [-0.4, -0.2) is 24.3 Å². The lowest BCUT2D eigenvalue weighted by molar-refractivity contribution is -0.119. The Hall–Kier alpha value is -4.13. The summed E-state index contributed by atoms with van der Waals surface area (Å²) in [6, 6.07) is 23.6. The van der Waals surface area contributed by atoms with E-state index in [-0.39, 0.29) is 36.2 Å². The Kier molecular flexibility index (Phi) is 8.40. The SMILES string of the molecule is CC(C)C(=O)Nc1ccc(NCC(=O)Nc2cccc(C(=O)NC(C)c3ccccc3)c2)cc1. The Morgan fingerprint density at radius 2 is 1.41 bits per heavy atom. The Labute approximate surface area is 200 Å². The first-order valence-electron chi connectivity index (χ1n) is 11.2. The Balaban J connectivity index is 1.51. The molecule has 34 heavy (non-hydrogen) atoms. The fourth-order valence-electron chi connectivity index (χ4n) is 3.19. The Morgan fingerprint density at radius 3 is 2.09 bits per heavy atom. The van der Waals surface area contributed by atoms with E-state index in [1.807, 2.05) is 51.1 Å². The summed E-state index contributed by atoms with van der Waals surface area (Å²) in [6.45, 7) is 5.64. The van der Waals surface area contributed by atoms with Crippen molar-refractivity contribution in [2.75, 3.05) is 22.5 Å². The lowest BCUT2D eigenvalue weighted by Crippen LogP contribution is -2.27. The van der Waals surface area contributed by atoms with Gasteiger partial charge >= 0.3 is 0 Å². The van der Waals surface area contributed by atoms with Gasteiger partial charge in [-0.2, -0.15) is 0 Å². The molecule has 4 N–H and O–H groups in total. The van der Waals surface area contributed by atoms with Crippen molar-refractivity contribution in [2.24, 2.45) is 5.92 Å². The van der Waals surface area contributed by atoms with Crippen LogP contribution < -0.4 is 21.3 Å². The lowest BCUT2D eigenvalue weighted by atomic mass is 10.1. The first-order chi connectivity index (χ1) is 16.3. The van der Waals surface area contributed by atoms with Gasteiger partial charge in [0.05, 0.1) is 12.6 Å². The molecule has 0 radical (unpaired) electrons. The fourth-order valence-corrected chi connectivity index (χ4v) is 3.19. The Morgan fingerprint density at radius 1 is 0.735 bits per heavy atom. The number of amides is 3. The highest BCUT2D eigenvalue weighted by Crippen LogP contribution is 2.16. The Bertz CT molecular complexity index is 1130. The van der Waals surface area contributed by atoms with Crippen LogP contribution in [0.1, 0.15) is 42.7 Å². The molecule has 3 aromatic carbocycles. The van der Waals surface area contributed by atoms with Crippen LogP contribution >= 0.6 is 0 Å². The second kappa shape index (κ2) is 11.7. The standard InChI is InChI=1S/C27H30N4O3/c1-18(2)26(33)31-23-14-12-22(13-15-23)28-17-25(32)30-24-11-7-10-21(16-24)27(34)29-19(3)20-8-5-4-6-9-20/h4-16,18-19,28H,17H2,1-3H3,(H,29,34)(H,30,32)(H,31,33). The molecule has 0 fully saturated rings. The second-order valence-corrected chi connectivity index (χ2v) is 8.31. The molecule has 7 heteroatoms. The molecule has 3 aromatic rings. The van der Waals surface area contributed by atoms with Crippen LogP contribution in [0.2, 0.25) is 0 Å². The van der Waals surface area contributed by atoms with Crippen LogP contribution in [0.3, 0.4) is 0 Å². The molecule has 0 aliphatic heterocycles. The highest BCUT2D eigenvalue weighted by atomic mass is 16.2. The number of anilines is 3. The number of carbonyl (C=O) groups excluding carboxylic acids is 3. The topological polar surface area (TPSA) is 99.3 Å². The summed E-state index contributed by atoms with van der Waals surface area (Å²) in [4.78, 5) is 36.8. The minimum Gasteiger partial charge on any atom is -0.376 e. The second-order valence-electron chi connectivity index (χ2n) is 8.31. The maximum atomic E-state index is 12.6. The predicted molar refractivity (Wildman–Crippen MR) is 136 cm³/mol. The van der Waals surface area contributed by atoms with Gasteiger partial charge < -0.3 is 21.3 Å². The highest BCUT2D eigenvalue weighted by molar-refractivity contribution is 5.98. The summed E-state index contributed by atoms with van der Waals surface area (Å²) in [6.07, 6.45) is 0. The first-order valence-corrected chi connectivity index (χ1v) is 11.2. The number of hydrogen-bond donors (Lipinski definition) is 4. The maximum absolute atomic E-state index is 12.6. The summed E-state index contributed by atoms with van der Waals surface area (Å²) in [5.74, 6) is -0.605. The molecule has 0 saturated carbocycles. The first kappa shape index (κ1) is 24.5. The van der Waals surface area contributed by atoms with Gasteiger partial charge in [-0.1, -0.05) is 50.2 Å². The summed E-state index contributed by atoms with van der Waals surface area (Å²) < 4.78 is 0. The minimum absolute atomic E-state index is 0.0504. The third kappa shape index (κ3) is 7.20. The van der Waals surface area contributed by atoms with E-state index in [0.717, 1.165) is 11.3 Å². The fraction of sp³-hybridized carbons (Fsp3) is 0.222. The van der Waals surface area contributed by atoms with Crippen molar-refractivity contribution in [3.8, 4) is 0 Å². The predicted octanol–water partition coefficient (Wildman–Crippen LogP) is 4.82. The number of hydrogen-bond acceptors (Lipinski definition) is 4. The summed E-state index contributed by atoms with van der Waals surface area (Å²) in [5, 5.41) is 11.6. The number of nitrogens with one attached hydrogen (secondary N) is 4. The van der Waals surface area contributed by atoms with Crippen molar-refractivity contribution >= 4 is 34.8 Å².